The first-order valence-corrected chi connectivity index (χ1v) is 15.2. The molecule has 5 aromatic rings. The maximum atomic E-state index is 13.8. The molecule has 46 heavy (non-hydrogen) atoms. The highest BCUT2D eigenvalue weighted by molar-refractivity contribution is 6.32. The Bertz CT molecular complexity index is 1820. The summed E-state index contributed by atoms with van der Waals surface area (Å²) >= 11 is 6.24. The van der Waals surface area contributed by atoms with E-state index < -0.39 is 0 Å². The maximum Gasteiger partial charge on any atom is 0.316 e. The highest BCUT2D eigenvalue weighted by Gasteiger charge is 2.31. The van der Waals surface area contributed by atoms with Crippen molar-refractivity contribution in [2.24, 2.45) is 0 Å². The first-order chi connectivity index (χ1) is 22.5. The van der Waals surface area contributed by atoms with Gasteiger partial charge in [-0.05, 0) is 37.7 Å². The van der Waals surface area contributed by atoms with Crippen LogP contribution in [-0.2, 0) is 11.2 Å². The number of hydrogen-bond acceptors (Lipinski definition) is 11. The van der Waals surface area contributed by atoms with Crippen LogP contribution in [0.15, 0.2) is 67.5 Å². The van der Waals surface area contributed by atoms with Crippen molar-refractivity contribution in [1.82, 2.24) is 40.1 Å². The number of halogens is 1. The number of anilines is 2. The second-order valence-corrected chi connectivity index (χ2v) is 11.2. The van der Waals surface area contributed by atoms with Crippen LogP contribution in [0.25, 0.3) is 22.6 Å². The number of nitrogens with one attached hydrogen (secondary N) is 2. The minimum absolute atomic E-state index is 0.00778. The molecule has 4 heterocycles. The van der Waals surface area contributed by atoms with E-state index in [2.05, 4.69) is 51.5 Å². The van der Waals surface area contributed by atoms with Gasteiger partial charge in [0.25, 0.3) is 0 Å². The molecule has 2 N–H and O–H groups in total. The molecule has 6 rings (SSSR count). The fraction of sp³-hybridized carbons (Fsp3) is 0.281. The van der Waals surface area contributed by atoms with Crippen molar-refractivity contribution < 1.29 is 9.53 Å². The Labute approximate surface area is 270 Å². The predicted octanol–water partition coefficient (Wildman–Crippen LogP) is 5.04. The van der Waals surface area contributed by atoms with Crippen LogP contribution < -0.4 is 15.0 Å². The Balaban J connectivity index is 1.17. The third kappa shape index (κ3) is 6.92. The second kappa shape index (κ2) is 14.1. The van der Waals surface area contributed by atoms with E-state index >= 15 is 0 Å². The van der Waals surface area contributed by atoms with E-state index in [4.69, 9.17) is 16.3 Å². The summed E-state index contributed by atoms with van der Waals surface area (Å²) < 4.78 is 5.05. The number of carbonyl (C=O) groups excluding carboxylic acids is 1. The standard InChI is InChI=1S/C32H30ClN11O2/c1-46-32-38-15-22(16-39-32)26-18-36-27(19-35-26)44(28(45)12-7-20-5-3-2-4-6-20)24-10-8-23(9-11-24)41-31-37-14-21(13-34)29(42-31)30-25(33)17-40-43-30/h2-6,14-19,23-24H,7-12H2,1H3,(H,40,43)(H,37,41,42). The number of ether oxygens (including phenoxy) is 1. The number of methoxy groups -OCH3 is 1. The molecule has 1 saturated carbocycles. The summed E-state index contributed by atoms with van der Waals surface area (Å²) in [6.07, 6.45) is 13.4. The van der Waals surface area contributed by atoms with Gasteiger partial charge in [-0.2, -0.15) is 10.4 Å². The molecule has 0 aliphatic heterocycles. The number of hydrogen-bond donors (Lipinski definition) is 2. The Kier molecular flexibility index (Phi) is 9.35. The zero-order valence-corrected chi connectivity index (χ0v) is 25.7. The molecule has 1 aliphatic carbocycles. The SMILES string of the molecule is COc1ncc(-c2cnc(N(C(=O)CCc3ccccc3)C3CCC(Nc4ncc(C#N)c(-c5[nH]ncc5Cl)n4)CC3)cn2)cn1. The molecule has 4 aromatic heterocycles. The second-order valence-electron chi connectivity index (χ2n) is 10.8. The Morgan fingerprint density at radius 3 is 2.46 bits per heavy atom. The van der Waals surface area contributed by atoms with Gasteiger partial charge >= 0.3 is 6.01 Å². The molecular weight excluding hydrogens is 606 g/mol. The summed E-state index contributed by atoms with van der Waals surface area (Å²) in [5, 5.41) is 20.1. The van der Waals surface area contributed by atoms with Crippen molar-refractivity contribution in [1.29, 1.82) is 5.26 Å². The fourth-order valence-corrected chi connectivity index (χ4v) is 5.69. The number of rotatable bonds is 10. The number of nitriles is 1. The van der Waals surface area contributed by atoms with Crippen LogP contribution in [-0.4, -0.2) is 65.2 Å². The Morgan fingerprint density at radius 2 is 1.80 bits per heavy atom. The lowest BCUT2D eigenvalue weighted by atomic mass is 9.89. The van der Waals surface area contributed by atoms with Crippen LogP contribution in [0.5, 0.6) is 6.01 Å². The van der Waals surface area contributed by atoms with E-state index in [9.17, 15) is 10.1 Å². The van der Waals surface area contributed by atoms with Gasteiger partial charge in [-0.15, -0.1) is 0 Å². The Hall–Kier alpha value is -5.48. The molecule has 1 amide bonds. The largest absolute Gasteiger partial charge is 0.467 e. The van der Waals surface area contributed by atoms with Gasteiger partial charge in [-0.25, -0.2) is 24.9 Å². The molecule has 1 fully saturated rings. The van der Waals surface area contributed by atoms with Crippen LogP contribution in [0.3, 0.4) is 0 Å². The van der Waals surface area contributed by atoms with E-state index in [1.165, 1.54) is 19.5 Å². The quantitative estimate of drug-likeness (QED) is 0.211. The number of aromatic nitrogens is 8. The lowest BCUT2D eigenvalue weighted by molar-refractivity contribution is -0.119. The molecule has 13 nitrogen and oxygen atoms in total. The topological polar surface area (TPSA) is 171 Å². The summed E-state index contributed by atoms with van der Waals surface area (Å²) in [6, 6.07) is 12.3. The lowest BCUT2D eigenvalue weighted by Crippen LogP contribution is -2.45. The molecular formula is C32H30ClN11O2. The van der Waals surface area contributed by atoms with Gasteiger partial charge in [-0.1, -0.05) is 41.9 Å². The number of H-pyrrole nitrogens is 1. The molecule has 14 heteroatoms. The first-order valence-electron chi connectivity index (χ1n) is 14.8. The summed E-state index contributed by atoms with van der Waals surface area (Å²) in [6.45, 7) is 0. The number of aryl methyl sites for hydroxylation is 1. The van der Waals surface area contributed by atoms with Crippen molar-refractivity contribution in [2.75, 3.05) is 17.3 Å². The first kappa shape index (κ1) is 30.5. The van der Waals surface area contributed by atoms with Crippen LogP contribution in [0, 0.1) is 11.3 Å². The van der Waals surface area contributed by atoms with E-state index in [0.717, 1.165) is 31.2 Å². The van der Waals surface area contributed by atoms with Crippen molar-refractivity contribution in [3.63, 3.8) is 0 Å². The number of benzene rings is 1. The molecule has 0 spiro atoms. The monoisotopic (exact) mass is 635 g/mol. The van der Waals surface area contributed by atoms with Crippen molar-refractivity contribution in [3.05, 3.63) is 83.7 Å². The van der Waals surface area contributed by atoms with Crippen LogP contribution in [0.1, 0.15) is 43.2 Å². The van der Waals surface area contributed by atoms with Crippen LogP contribution >= 0.6 is 11.6 Å². The van der Waals surface area contributed by atoms with Crippen molar-refractivity contribution in [3.8, 4) is 34.7 Å². The number of carbonyl (C=O) groups is 1. The minimum Gasteiger partial charge on any atom is -0.467 e. The molecule has 0 saturated heterocycles. The smallest absolute Gasteiger partial charge is 0.316 e. The Morgan fingerprint density at radius 1 is 1.02 bits per heavy atom. The molecule has 0 radical (unpaired) electrons. The highest BCUT2D eigenvalue weighted by atomic mass is 35.5. The van der Waals surface area contributed by atoms with Gasteiger partial charge < -0.3 is 10.1 Å². The van der Waals surface area contributed by atoms with Gasteiger partial charge in [0.15, 0.2) is 5.82 Å². The molecule has 0 bridgehead atoms. The predicted molar refractivity (Wildman–Crippen MR) is 171 cm³/mol. The zero-order valence-electron chi connectivity index (χ0n) is 25.0. The number of aromatic amines is 1. The van der Waals surface area contributed by atoms with Crippen molar-refractivity contribution in [2.45, 2.75) is 50.6 Å². The number of amides is 1. The minimum atomic E-state index is -0.0629. The van der Waals surface area contributed by atoms with Gasteiger partial charge in [-0.3, -0.25) is 19.8 Å². The molecule has 1 aromatic carbocycles. The average molecular weight is 636 g/mol. The maximum absolute atomic E-state index is 13.8. The van der Waals surface area contributed by atoms with Gasteiger partial charge in [0.1, 0.15) is 17.5 Å². The highest BCUT2D eigenvalue weighted by Crippen LogP contribution is 2.31. The fourth-order valence-electron chi connectivity index (χ4n) is 5.51. The van der Waals surface area contributed by atoms with Crippen LogP contribution in [0.2, 0.25) is 5.02 Å². The van der Waals surface area contributed by atoms with E-state index in [0.29, 0.717) is 52.3 Å². The summed E-state index contributed by atoms with van der Waals surface area (Å²) in [5.74, 6) is 0.888. The summed E-state index contributed by atoms with van der Waals surface area (Å²) in [4.78, 5) is 42.1. The van der Waals surface area contributed by atoms with Crippen LogP contribution in [0.4, 0.5) is 11.8 Å². The van der Waals surface area contributed by atoms with Gasteiger partial charge in [0, 0.05) is 36.5 Å². The van der Waals surface area contributed by atoms with Crippen molar-refractivity contribution >= 4 is 29.3 Å². The number of nitrogens with zero attached hydrogens (tertiary/aromatic N) is 9. The van der Waals surface area contributed by atoms with E-state index in [1.54, 1.807) is 29.7 Å². The molecule has 0 atom stereocenters. The molecule has 1 aliphatic rings. The molecule has 232 valence electrons. The summed E-state index contributed by atoms with van der Waals surface area (Å²) in [7, 11) is 1.51. The molecule has 0 unspecified atom stereocenters. The van der Waals surface area contributed by atoms with E-state index in [-0.39, 0.29) is 29.6 Å². The average Bonchev–Trinajstić information content (AvgIpc) is 3.54. The normalized spacial score (nSPS) is 15.9. The zero-order chi connectivity index (χ0) is 31.9. The van der Waals surface area contributed by atoms with E-state index in [1.807, 2.05) is 30.3 Å². The van der Waals surface area contributed by atoms with Gasteiger partial charge in [0.05, 0.1) is 48.2 Å². The summed E-state index contributed by atoms with van der Waals surface area (Å²) in [5.41, 5.74) is 3.52. The lowest BCUT2D eigenvalue weighted by Gasteiger charge is -2.36. The third-order valence-electron chi connectivity index (χ3n) is 7.86. The third-order valence-corrected chi connectivity index (χ3v) is 8.15. The van der Waals surface area contributed by atoms with Gasteiger partial charge in [0.2, 0.25) is 11.9 Å².